The van der Waals surface area contributed by atoms with Gasteiger partial charge < -0.3 is 4.98 Å². The van der Waals surface area contributed by atoms with Gasteiger partial charge in [0.25, 0.3) is 5.56 Å². The molecule has 0 radical (unpaired) electrons. The number of thioether (sulfide) groups is 1. The number of nitrogens with zero attached hydrogens (tertiary/aromatic N) is 3. The molecule has 0 atom stereocenters. The van der Waals surface area contributed by atoms with Gasteiger partial charge in [-0.3, -0.25) is 9.78 Å². The fourth-order valence-electron chi connectivity index (χ4n) is 1.36. The number of hydrogen-bond donors (Lipinski definition) is 1. The second-order valence-corrected chi connectivity index (χ2v) is 3.95. The first-order valence-corrected chi connectivity index (χ1v) is 5.97. The topological polar surface area (TPSA) is 82.4 Å². The third-order valence-electron chi connectivity index (χ3n) is 2.14. The summed E-state index contributed by atoms with van der Waals surface area (Å²) in [6.45, 7) is 0. The van der Waals surface area contributed by atoms with Crippen LogP contribution in [0.3, 0.4) is 0 Å². The first-order chi connectivity index (χ1) is 8.26. The Kier molecular flexibility index (Phi) is 3.21. The first-order valence-electron chi connectivity index (χ1n) is 4.75. The van der Waals surface area contributed by atoms with Gasteiger partial charge in [0, 0.05) is 18.0 Å². The number of hydrogen-bond acceptors (Lipinski definition) is 5. The highest BCUT2D eigenvalue weighted by Crippen LogP contribution is 2.19. The Morgan fingerprint density at radius 1 is 1.53 bits per heavy atom. The molecule has 17 heavy (non-hydrogen) atoms. The van der Waals surface area contributed by atoms with Crippen LogP contribution in [0.4, 0.5) is 0 Å². The van der Waals surface area contributed by atoms with Crippen molar-refractivity contribution in [2.75, 3.05) is 6.26 Å². The SMILES string of the molecule is CSc1nc(-c2cccnc2)c(C#N)c(=O)[nH]1. The molecule has 0 unspecified atom stereocenters. The Bertz CT molecular complexity index is 630. The maximum atomic E-state index is 11.7. The minimum atomic E-state index is -0.425. The number of H-pyrrole nitrogens is 1. The van der Waals surface area contributed by atoms with E-state index >= 15 is 0 Å². The predicted octanol–water partition coefficient (Wildman–Crippen LogP) is 1.43. The lowest BCUT2D eigenvalue weighted by molar-refractivity contribution is 0.937. The van der Waals surface area contributed by atoms with E-state index in [0.717, 1.165) is 0 Å². The van der Waals surface area contributed by atoms with Crippen LogP contribution in [-0.4, -0.2) is 21.2 Å². The van der Waals surface area contributed by atoms with Crippen molar-refractivity contribution in [2.24, 2.45) is 0 Å². The molecule has 0 aliphatic carbocycles. The summed E-state index contributed by atoms with van der Waals surface area (Å²) in [5.74, 6) is 0. The fraction of sp³-hybridized carbons (Fsp3) is 0.0909. The van der Waals surface area contributed by atoms with E-state index < -0.39 is 5.56 Å². The molecular formula is C11H8N4OS. The lowest BCUT2D eigenvalue weighted by atomic mass is 10.1. The monoisotopic (exact) mass is 244 g/mol. The highest BCUT2D eigenvalue weighted by Gasteiger charge is 2.12. The molecule has 0 fully saturated rings. The molecular weight excluding hydrogens is 236 g/mol. The van der Waals surface area contributed by atoms with Crippen molar-refractivity contribution in [3.05, 3.63) is 40.4 Å². The van der Waals surface area contributed by atoms with E-state index in [9.17, 15) is 4.79 Å². The van der Waals surface area contributed by atoms with E-state index in [2.05, 4.69) is 15.0 Å². The van der Waals surface area contributed by atoms with E-state index in [1.54, 1.807) is 30.8 Å². The van der Waals surface area contributed by atoms with Crippen molar-refractivity contribution >= 4 is 11.8 Å². The average molecular weight is 244 g/mol. The van der Waals surface area contributed by atoms with Gasteiger partial charge in [0.1, 0.15) is 11.6 Å². The Hall–Kier alpha value is -2.13. The molecule has 84 valence electrons. The third kappa shape index (κ3) is 2.19. The number of pyridine rings is 1. The van der Waals surface area contributed by atoms with Crippen LogP contribution in [0.15, 0.2) is 34.5 Å². The van der Waals surface area contributed by atoms with E-state index in [1.165, 1.54) is 11.8 Å². The van der Waals surface area contributed by atoms with Crippen LogP contribution in [0, 0.1) is 11.3 Å². The summed E-state index contributed by atoms with van der Waals surface area (Å²) >= 11 is 1.31. The summed E-state index contributed by atoms with van der Waals surface area (Å²) in [6, 6.07) is 5.37. The van der Waals surface area contributed by atoms with Gasteiger partial charge >= 0.3 is 0 Å². The predicted molar refractivity (Wildman–Crippen MR) is 64.6 cm³/mol. The van der Waals surface area contributed by atoms with E-state index in [-0.39, 0.29) is 5.56 Å². The smallest absolute Gasteiger partial charge is 0.270 e. The molecule has 0 aromatic carbocycles. The molecule has 5 nitrogen and oxygen atoms in total. The summed E-state index contributed by atoms with van der Waals surface area (Å²) in [5.41, 5.74) is 0.612. The van der Waals surface area contributed by atoms with Crippen molar-refractivity contribution in [2.45, 2.75) is 5.16 Å². The summed E-state index contributed by atoms with van der Waals surface area (Å²) in [7, 11) is 0. The molecule has 0 aliphatic heterocycles. The Morgan fingerprint density at radius 2 is 2.35 bits per heavy atom. The molecule has 1 N–H and O–H groups in total. The zero-order valence-corrected chi connectivity index (χ0v) is 9.78. The summed E-state index contributed by atoms with van der Waals surface area (Å²) in [6.07, 6.45) is 5.00. The summed E-state index contributed by atoms with van der Waals surface area (Å²) in [4.78, 5) is 22.4. The van der Waals surface area contributed by atoms with Crippen molar-refractivity contribution in [1.29, 1.82) is 5.26 Å². The summed E-state index contributed by atoms with van der Waals surface area (Å²) in [5, 5.41) is 9.47. The van der Waals surface area contributed by atoms with E-state index in [1.807, 2.05) is 6.07 Å². The fourth-order valence-corrected chi connectivity index (χ4v) is 1.74. The van der Waals surface area contributed by atoms with Gasteiger partial charge in [-0.1, -0.05) is 11.8 Å². The molecule has 2 aromatic rings. The second kappa shape index (κ2) is 4.80. The highest BCUT2D eigenvalue weighted by molar-refractivity contribution is 7.98. The maximum absolute atomic E-state index is 11.7. The normalized spacial score (nSPS) is 9.88. The van der Waals surface area contributed by atoms with Crippen LogP contribution in [0.25, 0.3) is 11.3 Å². The first kappa shape index (κ1) is 11.4. The number of nitriles is 1. The van der Waals surface area contributed by atoms with Crippen LogP contribution >= 0.6 is 11.8 Å². The van der Waals surface area contributed by atoms with Gasteiger partial charge in [-0.05, 0) is 18.4 Å². The van der Waals surface area contributed by atoms with Crippen LogP contribution in [-0.2, 0) is 0 Å². The zero-order chi connectivity index (χ0) is 12.3. The van der Waals surface area contributed by atoms with Crippen molar-refractivity contribution in [3.8, 4) is 17.3 Å². The molecule has 0 aliphatic rings. The highest BCUT2D eigenvalue weighted by atomic mass is 32.2. The number of nitrogens with one attached hydrogen (secondary N) is 1. The minimum absolute atomic E-state index is 0.0100. The van der Waals surface area contributed by atoms with Crippen LogP contribution in [0.2, 0.25) is 0 Å². The van der Waals surface area contributed by atoms with E-state index in [0.29, 0.717) is 16.4 Å². The quantitative estimate of drug-likeness (QED) is 0.638. The number of aromatic nitrogens is 3. The largest absolute Gasteiger partial charge is 0.300 e. The van der Waals surface area contributed by atoms with Crippen LogP contribution in [0.1, 0.15) is 5.56 Å². The zero-order valence-electron chi connectivity index (χ0n) is 8.97. The van der Waals surface area contributed by atoms with Crippen LogP contribution in [0.5, 0.6) is 0 Å². The number of aromatic amines is 1. The summed E-state index contributed by atoms with van der Waals surface area (Å²) < 4.78 is 0. The van der Waals surface area contributed by atoms with Crippen molar-refractivity contribution in [3.63, 3.8) is 0 Å². The van der Waals surface area contributed by atoms with Gasteiger partial charge in [0.05, 0.1) is 5.69 Å². The molecule has 2 aromatic heterocycles. The molecule has 0 spiro atoms. The molecule has 2 heterocycles. The van der Waals surface area contributed by atoms with E-state index in [4.69, 9.17) is 5.26 Å². The molecule has 0 amide bonds. The molecule has 2 rings (SSSR count). The van der Waals surface area contributed by atoms with Gasteiger partial charge in [0.15, 0.2) is 5.16 Å². The number of rotatable bonds is 2. The molecule has 6 heteroatoms. The molecule has 0 saturated carbocycles. The lowest BCUT2D eigenvalue weighted by Crippen LogP contribution is -2.14. The maximum Gasteiger partial charge on any atom is 0.270 e. The molecule has 0 bridgehead atoms. The Labute approximate surface area is 102 Å². The molecule has 0 saturated heterocycles. The average Bonchev–Trinajstić information content (AvgIpc) is 2.38. The Morgan fingerprint density at radius 3 is 2.94 bits per heavy atom. The van der Waals surface area contributed by atoms with Gasteiger partial charge in [-0.15, -0.1) is 0 Å². The van der Waals surface area contributed by atoms with Crippen molar-refractivity contribution < 1.29 is 0 Å². The minimum Gasteiger partial charge on any atom is -0.300 e. The van der Waals surface area contributed by atoms with Crippen LogP contribution < -0.4 is 5.56 Å². The third-order valence-corrected chi connectivity index (χ3v) is 2.72. The van der Waals surface area contributed by atoms with Gasteiger partial charge in [-0.25, -0.2) is 4.98 Å². The Balaban J connectivity index is 2.72. The van der Waals surface area contributed by atoms with Crippen molar-refractivity contribution in [1.82, 2.24) is 15.0 Å². The standard InChI is InChI=1S/C11H8N4OS/c1-17-11-14-9(7-3-2-4-13-6-7)8(5-12)10(16)15-11/h2-4,6H,1H3,(H,14,15,16). The second-order valence-electron chi connectivity index (χ2n) is 3.15. The lowest BCUT2D eigenvalue weighted by Gasteiger charge is -2.03. The van der Waals surface area contributed by atoms with Gasteiger partial charge in [0.2, 0.25) is 0 Å². The van der Waals surface area contributed by atoms with Gasteiger partial charge in [-0.2, -0.15) is 5.26 Å².